The molecule has 2 N–H and O–H groups in total. The summed E-state index contributed by atoms with van der Waals surface area (Å²) < 4.78 is 9.97. The zero-order chi connectivity index (χ0) is 15.1. The number of carbonyl (C=O) groups excluding carboxylic acids is 2. The number of benzene rings is 1. The fourth-order valence-electron chi connectivity index (χ4n) is 1.69. The van der Waals surface area contributed by atoms with Crippen molar-refractivity contribution < 1.29 is 19.1 Å². The van der Waals surface area contributed by atoms with Crippen LogP contribution in [0.15, 0.2) is 24.3 Å². The summed E-state index contributed by atoms with van der Waals surface area (Å²) in [5.74, 6) is -0.825. The second-order valence-corrected chi connectivity index (χ2v) is 4.72. The topological polar surface area (TPSA) is 78.6 Å². The Balaban J connectivity index is 2.73. The minimum Gasteiger partial charge on any atom is -0.465 e. The maximum Gasteiger partial charge on any atom is 0.338 e. The molecule has 0 spiro atoms. The van der Waals surface area contributed by atoms with Crippen molar-refractivity contribution in [3.05, 3.63) is 35.4 Å². The molecule has 0 bridgehead atoms. The first-order chi connectivity index (χ1) is 9.43. The van der Waals surface area contributed by atoms with Gasteiger partial charge in [-0.2, -0.15) is 0 Å². The van der Waals surface area contributed by atoms with Gasteiger partial charge in [-0.25, -0.2) is 4.79 Å². The summed E-state index contributed by atoms with van der Waals surface area (Å²) in [5.41, 5.74) is 7.00. The molecule has 0 saturated carbocycles. The standard InChI is InChI=1S/C15H21NO4/c1-4-19-15(18)13(16)9-11-6-5-7-12(8-11)14(17)20-10(2)3/h5-8,10,13H,4,9,16H2,1-3H3. The molecule has 20 heavy (non-hydrogen) atoms. The Bertz CT molecular complexity index is 471. The van der Waals surface area contributed by atoms with E-state index < -0.39 is 12.0 Å². The van der Waals surface area contributed by atoms with Gasteiger partial charge in [0.25, 0.3) is 0 Å². The normalized spacial score (nSPS) is 12.1. The van der Waals surface area contributed by atoms with Gasteiger partial charge >= 0.3 is 11.9 Å². The van der Waals surface area contributed by atoms with E-state index in [0.29, 0.717) is 18.6 Å². The Labute approximate surface area is 119 Å². The average molecular weight is 279 g/mol. The monoisotopic (exact) mass is 279 g/mol. The van der Waals surface area contributed by atoms with Crippen molar-refractivity contribution in [3.63, 3.8) is 0 Å². The minimum absolute atomic E-state index is 0.173. The summed E-state index contributed by atoms with van der Waals surface area (Å²) in [6, 6.07) is 6.18. The van der Waals surface area contributed by atoms with Crippen molar-refractivity contribution >= 4 is 11.9 Å². The Hall–Kier alpha value is -1.88. The van der Waals surface area contributed by atoms with Gasteiger partial charge in [0, 0.05) is 0 Å². The number of hydrogen-bond donors (Lipinski definition) is 1. The molecule has 110 valence electrons. The second kappa shape index (κ2) is 7.65. The van der Waals surface area contributed by atoms with Crippen molar-refractivity contribution in [2.75, 3.05) is 6.61 Å². The lowest BCUT2D eigenvalue weighted by molar-refractivity contribution is -0.144. The Morgan fingerprint density at radius 2 is 2.00 bits per heavy atom. The lowest BCUT2D eigenvalue weighted by Gasteiger charge is -2.12. The quantitative estimate of drug-likeness (QED) is 0.802. The van der Waals surface area contributed by atoms with Crippen LogP contribution in [0.2, 0.25) is 0 Å². The maximum atomic E-state index is 11.8. The summed E-state index contributed by atoms with van der Waals surface area (Å²) in [6.07, 6.45) is 0.148. The fourth-order valence-corrected chi connectivity index (χ4v) is 1.69. The molecule has 0 saturated heterocycles. The van der Waals surface area contributed by atoms with Crippen LogP contribution >= 0.6 is 0 Å². The Morgan fingerprint density at radius 3 is 2.60 bits per heavy atom. The van der Waals surface area contributed by atoms with Crippen LogP contribution in [0, 0.1) is 0 Å². The fraction of sp³-hybridized carbons (Fsp3) is 0.467. The average Bonchev–Trinajstić information content (AvgIpc) is 2.38. The molecule has 0 aliphatic heterocycles. The van der Waals surface area contributed by atoms with E-state index in [1.807, 2.05) is 6.07 Å². The SMILES string of the molecule is CCOC(=O)C(N)Cc1cccc(C(=O)OC(C)C)c1. The third-order valence-electron chi connectivity index (χ3n) is 2.55. The van der Waals surface area contributed by atoms with Crippen molar-refractivity contribution in [1.29, 1.82) is 0 Å². The first kappa shape index (κ1) is 16.2. The van der Waals surface area contributed by atoms with Gasteiger partial charge in [-0.3, -0.25) is 4.79 Å². The van der Waals surface area contributed by atoms with Crippen molar-refractivity contribution in [2.45, 2.75) is 39.3 Å². The van der Waals surface area contributed by atoms with E-state index in [1.165, 1.54) is 0 Å². The number of ether oxygens (including phenoxy) is 2. The maximum absolute atomic E-state index is 11.8. The van der Waals surface area contributed by atoms with Crippen LogP contribution < -0.4 is 5.73 Å². The van der Waals surface area contributed by atoms with Gasteiger partial charge in [-0.05, 0) is 44.9 Å². The molecular weight excluding hydrogens is 258 g/mol. The predicted molar refractivity (Wildman–Crippen MR) is 75.3 cm³/mol. The van der Waals surface area contributed by atoms with Crippen LogP contribution in [-0.4, -0.2) is 30.7 Å². The summed E-state index contributed by atoms with van der Waals surface area (Å²) in [6.45, 7) is 5.61. The van der Waals surface area contributed by atoms with E-state index in [9.17, 15) is 9.59 Å². The largest absolute Gasteiger partial charge is 0.465 e. The van der Waals surface area contributed by atoms with E-state index in [1.54, 1.807) is 39.0 Å². The van der Waals surface area contributed by atoms with Gasteiger partial charge < -0.3 is 15.2 Å². The Kier molecular flexibility index (Phi) is 6.18. The van der Waals surface area contributed by atoms with Crippen molar-refractivity contribution in [1.82, 2.24) is 0 Å². The van der Waals surface area contributed by atoms with E-state index in [4.69, 9.17) is 15.2 Å². The highest BCUT2D eigenvalue weighted by Gasteiger charge is 2.16. The molecule has 5 heteroatoms. The van der Waals surface area contributed by atoms with Crippen molar-refractivity contribution in [3.8, 4) is 0 Å². The predicted octanol–water partition coefficient (Wildman–Crippen LogP) is 1.68. The zero-order valence-corrected chi connectivity index (χ0v) is 12.1. The van der Waals surface area contributed by atoms with Crippen LogP contribution in [0.25, 0.3) is 0 Å². The molecule has 5 nitrogen and oxygen atoms in total. The van der Waals surface area contributed by atoms with Crippen LogP contribution in [-0.2, 0) is 20.7 Å². The molecule has 1 unspecified atom stereocenters. The summed E-state index contributed by atoms with van der Waals surface area (Å²) >= 11 is 0. The molecule has 1 atom stereocenters. The van der Waals surface area contributed by atoms with Crippen LogP contribution in [0.4, 0.5) is 0 Å². The summed E-state index contributed by atoms with van der Waals surface area (Å²) in [7, 11) is 0. The first-order valence-corrected chi connectivity index (χ1v) is 6.66. The van der Waals surface area contributed by atoms with E-state index in [-0.39, 0.29) is 12.1 Å². The molecule has 0 aromatic heterocycles. The highest BCUT2D eigenvalue weighted by atomic mass is 16.5. The third-order valence-corrected chi connectivity index (χ3v) is 2.55. The molecule has 0 fully saturated rings. The smallest absolute Gasteiger partial charge is 0.338 e. The third kappa shape index (κ3) is 5.01. The number of carbonyl (C=O) groups is 2. The molecule has 0 aliphatic carbocycles. The zero-order valence-electron chi connectivity index (χ0n) is 12.1. The van der Waals surface area contributed by atoms with E-state index in [0.717, 1.165) is 5.56 Å². The number of rotatable bonds is 6. The van der Waals surface area contributed by atoms with Crippen molar-refractivity contribution in [2.24, 2.45) is 5.73 Å². The molecule has 1 rings (SSSR count). The molecule has 1 aromatic carbocycles. The van der Waals surface area contributed by atoms with Gasteiger partial charge in [-0.15, -0.1) is 0 Å². The van der Waals surface area contributed by atoms with E-state index >= 15 is 0 Å². The van der Waals surface area contributed by atoms with Gasteiger partial charge in [-0.1, -0.05) is 12.1 Å². The lowest BCUT2D eigenvalue weighted by atomic mass is 10.0. The molecule has 0 heterocycles. The van der Waals surface area contributed by atoms with Gasteiger partial charge in [0.05, 0.1) is 18.3 Å². The van der Waals surface area contributed by atoms with Crippen LogP contribution in [0.5, 0.6) is 0 Å². The molecule has 0 radical (unpaired) electrons. The summed E-state index contributed by atoms with van der Waals surface area (Å²) in [4.78, 5) is 23.3. The number of nitrogens with two attached hydrogens (primary N) is 1. The molecule has 0 amide bonds. The van der Waals surface area contributed by atoms with Gasteiger partial charge in [0.15, 0.2) is 0 Å². The molecular formula is C15H21NO4. The van der Waals surface area contributed by atoms with Crippen LogP contribution in [0.3, 0.4) is 0 Å². The first-order valence-electron chi connectivity index (χ1n) is 6.66. The highest BCUT2D eigenvalue weighted by Crippen LogP contribution is 2.10. The van der Waals surface area contributed by atoms with Crippen LogP contribution in [0.1, 0.15) is 36.7 Å². The lowest BCUT2D eigenvalue weighted by Crippen LogP contribution is -2.34. The summed E-state index contributed by atoms with van der Waals surface area (Å²) in [5, 5.41) is 0. The molecule has 1 aromatic rings. The van der Waals surface area contributed by atoms with Gasteiger partial charge in [0.1, 0.15) is 6.04 Å². The number of esters is 2. The molecule has 0 aliphatic rings. The highest BCUT2D eigenvalue weighted by molar-refractivity contribution is 5.89. The second-order valence-electron chi connectivity index (χ2n) is 4.72. The van der Waals surface area contributed by atoms with Gasteiger partial charge in [0.2, 0.25) is 0 Å². The number of hydrogen-bond acceptors (Lipinski definition) is 5. The minimum atomic E-state index is -0.730. The Morgan fingerprint density at radius 1 is 1.30 bits per heavy atom. The van der Waals surface area contributed by atoms with E-state index in [2.05, 4.69) is 0 Å².